The molecule has 0 spiro atoms. The van der Waals surface area contributed by atoms with Gasteiger partial charge in [-0.25, -0.2) is 4.79 Å². The Kier molecular flexibility index (Phi) is 9.11. The molecule has 1 atom stereocenters. The van der Waals surface area contributed by atoms with Gasteiger partial charge in [-0.15, -0.1) is 0 Å². The number of carbonyl (C=O) groups excluding carboxylic acids is 1. The van der Waals surface area contributed by atoms with Crippen molar-refractivity contribution in [2.24, 2.45) is 0 Å². The van der Waals surface area contributed by atoms with Crippen LogP contribution in [0.5, 0.6) is 0 Å². The summed E-state index contributed by atoms with van der Waals surface area (Å²) in [6.07, 6.45) is 2.18. The maximum absolute atomic E-state index is 10.6. The van der Waals surface area contributed by atoms with E-state index in [0.717, 1.165) is 12.5 Å². The molecule has 0 bridgehead atoms. The Hall–Kier alpha value is -0.870. The Bertz CT molecular complexity index is 179. The summed E-state index contributed by atoms with van der Waals surface area (Å²) in [6, 6.07) is 0. The topological polar surface area (TPSA) is 44.8 Å². The second kappa shape index (κ2) is 9.68. The molecule has 0 aromatic heterocycles. The van der Waals surface area contributed by atoms with Crippen molar-refractivity contribution in [3.8, 4) is 0 Å². The van der Waals surface area contributed by atoms with Gasteiger partial charge in [-0.05, 0) is 13.3 Å². The molecule has 0 aromatic carbocycles. The van der Waals surface area contributed by atoms with Gasteiger partial charge >= 0.3 is 5.97 Å². The Labute approximate surface area is 91.2 Å². The first kappa shape index (κ1) is 14.1. The molecule has 4 nitrogen and oxygen atoms in total. The second-order valence-corrected chi connectivity index (χ2v) is 2.93. The summed E-state index contributed by atoms with van der Waals surface area (Å²) in [6.45, 7) is 9.16. The first-order valence-electron chi connectivity index (χ1n) is 5.23. The van der Waals surface area contributed by atoms with Crippen LogP contribution in [-0.2, 0) is 19.0 Å². The molecular formula is C11H20O4. The van der Waals surface area contributed by atoms with E-state index < -0.39 is 5.97 Å². The monoisotopic (exact) mass is 216 g/mol. The molecular weight excluding hydrogens is 196 g/mol. The van der Waals surface area contributed by atoms with Gasteiger partial charge in [0.2, 0.25) is 0 Å². The molecule has 0 saturated carbocycles. The molecule has 0 rings (SSSR count). The van der Waals surface area contributed by atoms with Crippen molar-refractivity contribution in [2.45, 2.75) is 26.4 Å². The molecule has 1 unspecified atom stereocenters. The Balaban J connectivity index is 3.35. The molecule has 4 heteroatoms. The molecule has 0 saturated heterocycles. The number of esters is 1. The standard InChI is InChI=1S/C11H20O4/c1-4-10(14-6-3)9-13-7-8-15-11(12)5-2/h5,10H,2,4,6-9H2,1,3H3. The van der Waals surface area contributed by atoms with E-state index in [1.807, 2.05) is 13.8 Å². The van der Waals surface area contributed by atoms with Crippen LogP contribution >= 0.6 is 0 Å². The fourth-order valence-corrected chi connectivity index (χ4v) is 0.994. The highest BCUT2D eigenvalue weighted by molar-refractivity contribution is 5.81. The molecule has 0 fully saturated rings. The highest BCUT2D eigenvalue weighted by Crippen LogP contribution is 1.98. The van der Waals surface area contributed by atoms with E-state index in [1.165, 1.54) is 0 Å². The van der Waals surface area contributed by atoms with Crippen LogP contribution < -0.4 is 0 Å². The highest BCUT2D eigenvalue weighted by Gasteiger charge is 2.05. The predicted molar refractivity (Wildman–Crippen MR) is 57.7 cm³/mol. The molecule has 0 aliphatic rings. The number of hydrogen-bond donors (Lipinski definition) is 0. The normalized spacial score (nSPS) is 12.1. The lowest BCUT2D eigenvalue weighted by molar-refractivity contribution is -0.139. The zero-order chi connectivity index (χ0) is 11.5. The van der Waals surface area contributed by atoms with Crippen molar-refractivity contribution < 1.29 is 19.0 Å². The summed E-state index contributed by atoms with van der Waals surface area (Å²) in [5.74, 6) is -0.421. The first-order valence-corrected chi connectivity index (χ1v) is 5.23. The van der Waals surface area contributed by atoms with Crippen LogP contribution in [0.2, 0.25) is 0 Å². The number of rotatable bonds is 9. The van der Waals surface area contributed by atoms with Crippen LogP contribution in [0.15, 0.2) is 12.7 Å². The van der Waals surface area contributed by atoms with Crippen LogP contribution in [0.4, 0.5) is 0 Å². The summed E-state index contributed by atoms with van der Waals surface area (Å²) in [5.41, 5.74) is 0. The maximum atomic E-state index is 10.6. The SMILES string of the molecule is C=CC(=O)OCCOCC(CC)OCC. The Morgan fingerprint density at radius 2 is 2.13 bits per heavy atom. The van der Waals surface area contributed by atoms with Crippen molar-refractivity contribution in [3.05, 3.63) is 12.7 Å². The van der Waals surface area contributed by atoms with E-state index in [9.17, 15) is 4.79 Å². The van der Waals surface area contributed by atoms with Crippen molar-refractivity contribution in [1.29, 1.82) is 0 Å². The average molecular weight is 216 g/mol. The predicted octanol–water partition coefficient (Wildman–Crippen LogP) is 1.55. The molecule has 88 valence electrons. The van der Waals surface area contributed by atoms with E-state index in [-0.39, 0.29) is 12.7 Å². The van der Waals surface area contributed by atoms with Gasteiger partial charge in [-0.1, -0.05) is 13.5 Å². The Morgan fingerprint density at radius 1 is 1.40 bits per heavy atom. The maximum Gasteiger partial charge on any atom is 0.330 e. The quantitative estimate of drug-likeness (QED) is 0.333. The van der Waals surface area contributed by atoms with E-state index in [0.29, 0.717) is 19.8 Å². The molecule has 0 aliphatic carbocycles. The van der Waals surface area contributed by atoms with Gasteiger partial charge in [0.25, 0.3) is 0 Å². The summed E-state index contributed by atoms with van der Waals surface area (Å²) < 4.78 is 15.4. The Morgan fingerprint density at radius 3 is 2.67 bits per heavy atom. The van der Waals surface area contributed by atoms with Crippen LogP contribution in [0.1, 0.15) is 20.3 Å². The van der Waals surface area contributed by atoms with Gasteiger partial charge in [0.15, 0.2) is 0 Å². The smallest absolute Gasteiger partial charge is 0.330 e. The van der Waals surface area contributed by atoms with E-state index in [4.69, 9.17) is 14.2 Å². The molecule has 0 N–H and O–H groups in total. The zero-order valence-corrected chi connectivity index (χ0v) is 9.53. The van der Waals surface area contributed by atoms with Crippen molar-refractivity contribution in [3.63, 3.8) is 0 Å². The summed E-state index contributed by atoms with van der Waals surface area (Å²) >= 11 is 0. The summed E-state index contributed by atoms with van der Waals surface area (Å²) in [4.78, 5) is 10.6. The average Bonchev–Trinajstić information content (AvgIpc) is 2.26. The van der Waals surface area contributed by atoms with E-state index >= 15 is 0 Å². The fraction of sp³-hybridized carbons (Fsp3) is 0.727. The van der Waals surface area contributed by atoms with Crippen LogP contribution in [0, 0.1) is 0 Å². The number of ether oxygens (including phenoxy) is 3. The molecule has 0 aromatic rings. The van der Waals surface area contributed by atoms with Gasteiger partial charge in [-0.3, -0.25) is 0 Å². The molecule has 0 heterocycles. The molecule has 0 amide bonds. The van der Waals surface area contributed by atoms with Gasteiger partial charge in [0, 0.05) is 12.7 Å². The second-order valence-electron chi connectivity index (χ2n) is 2.93. The highest BCUT2D eigenvalue weighted by atomic mass is 16.6. The van der Waals surface area contributed by atoms with Gasteiger partial charge in [-0.2, -0.15) is 0 Å². The third-order valence-electron chi connectivity index (χ3n) is 1.80. The van der Waals surface area contributed by atoms with E-state index in [2.05, 4.69) is 6.58 Å². The van der Waals surface area contributed by atoms with E-state index in [1.54, 1.807) is 0 Å². The van der Waals surface area contributed by atoms with Crippen LogP contribution in [0.25, 0.3) is 0 Å². The lowest BCUT2D eigenvalue weighted by atomic mass is 10.3. The van der Waals surface area contributed by atoms with Gasteiger partial charge in [0.1, 0.15) is 6.61 Å². The van der Waals surface area contributed by atoms with Crippen molar-refractivity contribution in [1.82, 2.24) is 0 Å². The zero-order valence-electron chi connectivity index (χ0n) is 9.53. The minimum absolute atomic E-state index is 0.130. The molecule has 15 heavy (non-hydrogen) atoms. The fourth-order valence-electron chi connectivity index (χ4n) is 0.994. The number of hydrogen-bond acceptors (Lipinski definition) is 4. The molecule has 0 aliphatic heterocycles. The largest absolute Gasteiger partial charge is 0.460 e. The summed E-state index contributed by atoms with van der Waals surface area (Å²) in [5, 5.41) is 0. The first-order chi connectivity index (χ1) is 7.24. The number of carbonyl (C=O) groups is 1. The van der Waals surface area contributed by atoms with Gasteiger partial charge < -0.3 is 14.2 Å². The minimum atomic E-state index is -0.421. The van der Waals surface area contributed by atoms with Crippen molar-refractivity contribution >= 4 is 5.97 Å². The molecule has 0 radical (unpaired) electrons. The van der Waals surface area contributed by atoms with Gasteiger partial charge in [0.05, 0.1) is 19.3 Å². The lowest BCUT2D eigenvalue weighted by Gasteiger charge is -2.14. The van der Waals surface area contributed by atoms with Crippen LogP contribution in [0.3, 0.4) is 0 Å². The third kappa shape index (κ3) is 8.15. The lowest BCUT2D eigenvalue weighted by Crippen LogP contribution is -2.20. The summed E-state index contributed by atoms with van der Waals surface area (Å²) in [7, 11) is 0. The third-order valence-corrected chi connectivity index (χ3v) is 1.80. The van der Waals surface area contributed by atoms with Crippen molar-refractivity contribution in [2.75, 3.05) is 26.4 Å². The minimum Gasteiger partial charge on any atom is -0.460 e. The van der Waals surface area contributed by atoms with Crippen LogP contribution in [-0.4, -0.2) is 38.5 Å².